The van der Waals surface area contributed by atoms with E-state index in [1.165, 1.54) is 10.9 Å². The third kappa shape index (κ3) is 4.22. The van der Waals surface area contributed by atoms with Gasteiger partial charge in [-0.2, -0.15) is 0 Å². The molecule has 1 aromatic heterocycles. The van der Waals surface area contributed by atoms with Crippen LogP contribution in [-0.2, 0) is 0 Å². The van der Waals surface area contributed by atoms with Crippen LogP contribution in [0.25, 0.3) is 27.6 Å². The van der Waals surface area contributed by atoms with Crippen LogP contribution in [-0.4, -0.2) is 26.1 Å². The van der Waals surface area contributed by atoms with Gasteiger partial charge in [-0.25, -0.2) is 0 Å². The second-order valence-electron chi connectivity index (χ2n) is 10.1. The van der Waals surface area contributed by atoms with Gasteiger partial charge < -0.3 is 0 Å². The van der Waals surface area contributed by atoms with Crippen molar-refractivity contribution in [3.8, 4) is 6.07 Å². The molecule has 1 aliphatic carbocycles. The van der Waals surface area contributed by atoms with Crippen LogP contribution in [0.4, 0.5) is 15.9 Å². The van der Waals surface area contributed by atoms with Crippen LogP contribution in [0.15, 0.2) is 115 Å². The van der Waals surface area contributed by atoms with Crippen molar-refractivity contribution < 1.29 is 9.59 Å². The van der Waals surface area contributed by atoms with Gasteiger partial charge in [-0.15, -0.1) is 0 Å². The van der Waals surface area contributed by atoms with E-state index in [1.807, 2.05) is 78.9 Å². The maximum atomic E-state index is 13.4. The minimum atomic E-state index is -0.214. The number of fused-ring (bicyclic) bond motifs is 3. The third-order valence-corrected chi connectivity index (χ3v) is 9.73. The van der Waals surface area contributed by atoms with Crippen molar-refractivity contribution in [1.29, 1.82) is 5.26 Å². The fraction of sp³-hybridized carbons (Fsp3) is 0.0278. The van der Waals surface area contributed by atoms with Crippen LogP contribution in [0.5, 0.6) is 0 Å². The third-order valence-electron chi connectivity index (χ3n) is 7.60. The number of allylic oxidation sites excluding steroid dienone is 1. The Hall–Kier alpha value is -5.01. The molecular formula is C36H22N2O2Se. The molecule has 1 aliphatic rings. The Morgan fingerprint density at radius 1 is 0.732 bits per heavy atom. The summed E-state index contributed by atoms with van der Waals surface area (Å²) < 4.78 is 2.03. The molecule has 0 bridgehead atoms. The summed E-state index contributed by atoms with van der Waals surface area (Å²) in [7, 11) is 0. The first-order valence-electron chi connectivity index (χ1n) is 13.2. The van der Waals surface area contributed by atoms with Crippen LogP contribution in [0.1, 0.15) is 36.3 Å². The number of carbonyl (C=O) groups excluding carboxylic acids is 2. The van der Waals surface area contributed by atoms with Crippen molar-refractivity contribution in [2.45, 2.75) is 6.92 Å². The number of nitriles is 1. The molecule has 0 radical (unpaired) electrons. The average molecular weight is 594 g/mol. The Labute approximate surface area is 243 Å². The first-order chi connectivity index (χ1) is 20.0. The molecule has 1 heterocycles. The van der Waals surface area contributed by atoms with E-state index in [1.54, 1.807) is 6.08 Å². The zero-order valence-electron chi connectivity index (χ0n) is 22.1. The average Bonchev–Trinajstić information content (AvgIpc) is 3.56. The van der Waals surface area contributed by atoms with Crippen LogP contribution in [0.3, 0.4) is 0 Å². The molecule has 4 nitrogen and oxygen atoms in total. The fourth-order valence-electron chi connectivity index (χ4n) is 5.52. The number of anilines is 3. The molecule has 7 rings (SSSR count). The van der Waals surface area contributed by atoms with Gasteiger partial charge in [0.1, 0.15) is 0 Å². The molecule has 0 N–H and O–H groups in total. The molecule has 5 heteroatoms. The molecule has 0 amide bonds. The second-order valence-corrected chi connectivity index (χ2v) is 12.4. The molecule has 41 heavy (non-hydrogen) atoms. The normalized spacial score (nSPS) is 12.5. The SMILES string of the molecule is Cc1ccc(N(c2ccc(C#N)cc2)c2ccc(C=C3C(=O)c4cc5ccccc5cc4C3=O)[se]2)c2ccccc12. The zero-order chi connectivity index (χ0) is 28.1. The summed E-state index contributed by atoms with van der Waals surface area (Å²) >= 11 is -0.174. The summed E-state index contributed by atoms with van der Waals surface area (Å²) in [6.07, 6.45) is 1.78. The summed E-state index contributed by atoms with van der Waals surface area (Å²) in [5, 5.41) is 13.6. The van der Waals surface area contributed by atoms with E-state index in [0.717, 1.165) is 36.5 Å². The number of carbonyl (C=O) groups is 2. The number of Topliss-reactive ketones (excluding diaryl/α,β-unsaturated/α-hetero) is 2. The van der Waals surface area contributed by atoms with Crippen molar-refractivity contribution in [3.63, 3.8) is 0 Å². The van der Waals surface area contributed by atoms with Gasteiger partial charge >= 0.3 is 244 Å². The van der Waals surface area contributed by atoms with E-state index in [2.05, 4.69) is 48.2 Å². The minimum absolute atomic E-state index is 0.174. The summed E-state index contributed by atoms with van der Waals surface area (Å²) in [6.45, 7) is 2.11. The molecule has 5 aromatic carbocycles. The number of rotatable bonds is 4. The Balaban J connectivity index is 1.33. The first kappa shape index (κ1) is 25.0. The van der Waals surface area contributed by atoms with Gasteiger partial charge in [0.25, 0.3) is 0 Å². The van der Waals surface area contributed by atoms with Crippen molar-refractivity contribution in [1.82, 2.24) is 0 Å². The van der Waals surface area contributed by atoms with Crippen molar-refractivity contribution in [2.24, 2.45) is 0 Å². The zero-order valence-corrected chi connectivity index (χ0v) is 23.8. The first-order valence-corrected chi connectivity index (χ1v) is 15.0. The van der Waals surface area contributed by atoms with Crippen molar-refractivity contribution in [2.75, 3.05) is 4.90 Å². The number of hydrogen-bond donors (Lipinski definition) is 0. The predicted octanol–water partition coefficient (Wildman–Crippen LogP) is 8.16. The van der Waals surface area contributed by atoms with E-state index < -0.39 is 0 Å². The van der Waals surface area contributed by atoms with Crippen LogP contribution < -0.4 is 4.90 Å². The molecule has 0 atom stereocenters. The van der Waals surface area contributed by atoms with Crippen molar-refractivity contribution in [3.05, 3.63) is 141 Å². The Kier molecular flexibility index (Phi) is 6.02. The molecule has 0 spiro atoms. The van der Waals surface area contributed by atoms with Gasteiger partial charge in [-0.3, -0.25) is 0 Å². The Morgan fingerprint density at radius 3 is 2.02 bits per heavy atom. The van der Waals surface area contributed by atoms with Gasteiger partial charge in [-0.1, -0.05) is 0 Å². The summed E-state index contributed by atoms with van der Waals surface area (Å²) in [6, 6.07) is 37.9. The topological polar surface area (TPSA) is 61.2 Å². The molecule has 0 unspecified atom stereocenters. The number of ketones is 2. The predicted molar refractivity (Wildman–Crippen MR) is 166 cm³/mol. The monoisotopic (exact) mass is 594 g/mol. The van der Waals surface area contributed by atoms with Crippen LogP contribution in [0, 0.1) is 18.3 Å². The van der Waals surface area contributed by atoms with E-state index in [-0.39, 0.29) is 31.6 Å². The molecule has 194 valence electrons. The van der Waals surface area contributed by atoms with Gasteiger partial charge in [0, 0.05) is 0 Å². The number of nitrogens with zero attached hydrogens (tertiary/aromatic N) is 2. The molecule has 0 saturated heterocycles. The number of aryl methyl sites for hydroxylation is 1. The summed E-state index contributed by atoms with van der Waals surface area (Å²) in [5.74, 6) is -0.427. The fourth-order valence-corrected chi connectivity index (χ4v) is 7.59. The van der Waals surface area contributed by atoms with E-state index in [0.29, 0.717) is 16.7 Å². The summed E-state index contributed by atoms with van der Waals surface area (Å²) in [5.41, 5.74) is 4.96. The van der Waals surface area contributed by atoms with Crippen molar-refractivity contribution >= 4 is 69.6 Å². The molecule has 0 fully saturated rings. The Morgan fingerprint density at radius 2 is 1.37 bits per heavy atom. The van der Waals surface area contributed by atoms with Gasteiger partial charge in [0.15, 0.2) is 0 Å². The standard InChI is InChI=1S/C36H22N2O2Se/c1-22-10-16-33(29-9-5-4-8-28(22)29)38(26-13-11-23(21-37)12-14-26)34-17-15-27(41-34)20-32-35(39)30-18-24-6-2-3-7-25(24)19-31(30)36(32)40/h2-20H,1H3. The van der Waals surface area contributed by atoms with Crippen LogP contribution in [0.2, 0.25) is 0 Å². The second kappa shape index (κ2) is 9.87. The molecule has 0 aliphatic heterocycles. The van der Waals surface area contributed by atoms with E-state index >= 15 is 0 Å². The van der Waals surface area contributed by atoms with Crippen LogP contribution >= 0.6 is 0 Å². The van der Waals surface area contributed by atoms with Gasteiger partial charge in [-0.05, 0) is 0 Å². The van der Waals surface area contributed by atoms with Gasteiger partial charge in [0.2, 0.25) is 0 Å². The number of hydrogen-bond acceptors (Lipinski definition) is 4. The molecule has 6 aromatic rings. The quantitative estimate of drug-likeness (QED) is 0.118. The Bertz CT molecular complexity index is 2060. The molecule has 0 saturated carbocycles. The number of benzene rings is 5. The van der Waals surface area contributed by atoms with E-state index in [4.69, 9.17) is 0 Å². The van der Waals surface area contributed by atoms with Gasteiger partial charge in [0.05, 0.1) is 0 Å². The summed E-state index contributed by atoms with van der Waals surface area (Å²) in [4.78, 5) is 29.0. The molecular weight excluding hydrogens is 571 g/mol. The van der Waals surface area contributed by atoms with E-state index in [9.17, 15) is 14.9 Å². The maximum absolute atomic E-state index is 13.4.